The van der Waals surface area contributed by atoms with Crippen LogP contribution in [-0.2, 0) is 14.3 Å². The van der Waals surface area contributed by atoms with Crippen LogP contribution in [0.3, 0.4) is 0 Å². The SMILES string of the molecule is COCCCCCCCCCCOC(C)=O. The molecule has 3 heteroatoms. The Morgan fingerprint density at radius 1 is 0.812 bits per heavy atom. The van der Waals surface area contributed by atoms with Crippen molar-refractivity contribution in [1.29, 1.82) is 0 Å². The molecule has 0 aromatic carbocycles. The lowest BCUT2D eigenvalue weighted by atomic mass is 10.1. The second-order valence-corrected chi connectivity index (χ2v) is 4.16. The molecule has 0 saturated heterocycles. The molecular weight excluding hydrogens is 204 g/mol. The van der Waals surface area contributed by atoms with Crippen LogP contribution in [0.25, 0.3) is 0 Å². The van der Waals surface area contributed by atoms with Gasteiger partial charge in [0.1, 0.15) is 0 Å². The van der Waals surface area contributed by atoms with E-state index < -0.39 is 0 Å². The number of esters is 1. The van der Waals surface area contributed by atoms with Gasteiger partial charge in [-0.25, -0.2) is 0 Å². The molecule has 0 radical (unpaired) electrons. The zero-order valence-electron chi connectivity index (χ0n) is 10.8. The Hall–Kier alpha value is -0.570. The Balaban J connectivity index is 2.90. The van der Waals surface area contributed by atoms with Gasteiger partial charge in [0.2, 0.25) is 0 Å². The van der Waals surface area contributed by atoms with E-state index in [9.17, 15) is 4.79 Å². The number of carbonyl (C=O) groups excluding carboxylic acids is 1. The number of hydrogen-bond donors (Lipinski definition) is 0. The van der Waals surface area contributed by atoms with Crippen LogP contribution < -0.4 is 0 Å². The molecule has 0 aromatic heterocycles. The van der Waals surface area contributed by atoms with Gasteiger partial charge in [0.05, 0.1) is 6.61 Å². The van der Waals surface area contributed by atoms with E-state index in [0.717, 1.165) is 13.0 Å². The van der Waals surface area contributed by atoms with Crippen LogP contribution in [0, 0.1) is 0 Å². The van der Waals surface area contributed by atoms with E-state index in [0.29, 0.717) is 6.61 Å². The highest BCUT2D eigenvalue weighted by atomic mass is 16.5. The minimum absolute atomic E-state index is 0.168. The number of carbonyl (C=O) groups is 1. The standard InChI is InChI=1S/C13H26O3/c1-13(14)16-12-10-8-6-4-3-5-7-9-11-15-2/h3-12H2,1-2H3. The van der Waals surface area contributed by atoms with Crippen molar-refractivity contribution in [3.05, 3.63) is 0 Å². The number of methoxy groups -OCH3 is 1. The third-order valence-corrected chi connectivity index (χ3v) is 2.55. The molecule has 0 amide bonds. The predicted molar refractivity (Wildman–Crippen MR) is 65.4 cm³/mol. The van der Waals surface area contributed by atoms with Crippen molar-refractivity contribution in [2.75, 3.05) is 20.3 Å². The van der Waals surface area contributed by atoms with E-state index in [2.05, 4.69) is 0 Å². The summed E-state index contributed by atoms with van der Waals surface area (Å²) >= 11 is 0. The van der Waals surface area contributed by atoms with E-state index in [1.165, 1.54) is 51.9 Å². The first-order chi connectivity index (χ1) is 7.77. The highest BCUT2D eigenvalue weighted by molar-refractivity contribution is 5.65. The fourth-order valence-electron chi connectivity index (χ4n) is 1.63. The minimum atomic E-state index is -0.168. The Morgan fingerprint density at radius 3 is 1.69 bits per heavy atom. The van der Waals surface area contributed by atoms with E-state index in [1.807, 2.05) is 0 Å². The van der Waals surface area contributed by atoms with Gasteiger partial charge in [0.15, 0.2) is 0 Å². The van der Waals surface area contributed by atoms with Gasteiger partial charge in [0.25, 0.3) is 0 Å². The zero-order valence-corrected chi connectivity index (χ0v) is 10.8. The Labute approximate surface area is 99.5 Å². The van der Waals surface area contributed by atoms with Gasteiger partial charge >= 0.3 is 5.97 Å². The Kier molecular flexibility index (Phi) is 12.1. The Morgan fingerprint density at radius 2 is 1.25 bits per heavy atom. The van der Waals surface area contributed by atoms with Crippen LogP contribution in [0.2, 0.25) is 0 Å². The van der Waals surface area contributed by atoms with Crippen LogP contribution in [0.15, 0.2) is 0 Å². The van der Waals surface area contributed by atoms with Gasteiger partial charge in [-0.05, 0) is 12.8 Å². The maximum Gasteiger partial charge on any atom is 0.302 e. The molecule has 0 N–H and O–H groups in total. The largest absolute Gasteiger partial charge is 0.466 e. The van der Waals surface area contributed by atoms with Gasteiger partial charge in [-0.1, -0.05) is 38.5 Å². The van der Waals surface area contributed by atoms with Gasteiger partial charge in [0, 0.05) is 20.6 Å². The molecule has 0 bridgehead atoms. The summed E-state index contributed by atoms with van der Waals surface area (Å²) < 4.78 is 9.85. The van der Waals surface area contributed by atoms with Gasteiger partial charge in [-0.2, -0.15) is 0 Å². The third kappa shape index (κ3) is 13.4. The van der Waals surface area contributed by atoms with Gasteiger partial charge in [-0.3, -0.25) is 4.79 Å². The highest BCUT2D eigenvalue weighted by Crippen LogP contribution is 2.08. The molecular formula is C13H26O3. The first kappa shape index (κ1) is 15.4. The molecule has 16 heavy (non-hydrogen) atoms. The lowest BCUT2D eigenvalue weighted by Crippen LogP contribution is -2.00. The molecule has 0 spiro atoms. The smallest absolute Gasteiger partial charge is 0.302 e. The van der Waals surface area contributed by atoms with E-state index >= 15 is 0 Å². The number of unbranched alkanes of at least 4 members (excludes halogenated alkanes) is 7. The maximum atomic E-state index is 10.5. The van der Waals surface area contributed by atoms with Crippen molar-refractivity contribution in [3.63, 3.8) is 0 Å². The lowest BCUT2D eigenvalue weighted by molar-refractivity contribution is -0.141. The predicted octanol–water partition coefficient (Wildman–Crippen LogP) is 3.32. The van der Waals surface area contributed by atoms with Gasteiger partial charge in [-0.15, -0.1) is 0 Å². The molecule has 0 aliphatic heterocycles. The van der Waals surface area contributed by atoms with Crippen LogP contribution >= 0.6 is 0 Å². The summed E-state index contributed by atoms with van der Waals surface area (Å²) in [6.45, 7) is 2.94. The van der Waals surface area contributed by atoms with Crippen molar-refractivity contribution in [2.45, 2.75) is 58.3 Å². The number of rotatable bonds is 11. The first-order valence-corrected chi connectivity index (χ1v) is 6.39. The summed E-state index contributed by atoms with van der Waals surface area (Å²) in [6.07, 6.45) is 9.82. The molecule has 0 heterocycles. The number of ether oxygens (including phenoxy) is 2. The monoisotopic (exact) mass is 230 g/mol. The minimum Gasteiger partial charge on any atom is -0.466 e. The van der Waals surface area contributed by atoms with Crippen LogP contribution in [0.4, 0.5) is 0 Å². The molecule has 0 rings (SSSR count). The summed E-state index contributed by atoms with van der Waals surface area (Å²) in [5.74, 6) is -0.168. The van der Waals surface area contributed by atoms with Crippen molar-refractivity contribution in [3.8, 4) is 0 Å². The fourth-order valence-corrected chi connectivity index (χ4v) is 1.63. The first-order valence-electron chi connectivity index (χ1n) is 6.39. The normalized spacial score (nSPS) is 10.4. The summed E-state index contributed by atoms with van der Waals surface area (Å²) in [4.78, 5) is 10.5. The Bertz CT molecular complexity index is 157. The van der Waals surface area contributed by atoms with E-state index in [4.69, 9.17) is 9.47 Å². The summed E-state index contributed by atoms with van der Waals surface area (Å²) in [5.41, 5.74) is 0. The molecule has 0 aromatic rings. The van der Waals surface area contributed by atoms with E-state index in [1.54, 1.807) is 7.11 Å². The van der Waals surface area contributed by atoms with Crippen LogP contribution in [-0.4, -0.2) is 26.3 Å². The average molecular weight is 230 g/mol. The quantitative estimate of drug-likeness (QED) is 0.403. The van der Waals surface area contributed by atoms with E-state index in [-0.39, 0.29) is 5.97 Å². The molecule has 96 valence electrons. The van der Waals surface area contributed by atoms with Gasteiger partial charge < -0.3 is 9.47 Å². The topological polar surface area (TPSA) is 35.5 Å². The maximum absolute atomic E-state index is 10.5. The second-order valence-electron chi connectivity index (χ2n) is 4.16. The summed E-state index contributed by atoms with van der Waals surface area (Å²) in [5, 5.41) is 0. The highest BCUT2D eigenvalue weighted by Gasteiger charge is 1.94. The molecule has 0 atom stereocenters. The van der Waals surface area contributed by atoms with Crippen molar-refractivity contribution >= 4 is 5.97 Å². The molecule has 0 aliphatic carbocycles. The molecule has 3 nitrogen and oxygen atoms in total. The fraction of sp³-hybridized carbons (Fsp3) is 0.923. The third-order valence-electron chi connectivity index (χ3n) is 2.55. The molecule has 0 unspecified atom stereocenters. The van der Waals surface area contributed by atoms with Crippen molar-refractivity contribution in [2.24, 2.45) is 0 Å². The molecule has 0 fully saturated rings. The number of hydrogen-bond acceptors (Lipinski definition) is 3. The van der Waals surface area contributed by atoms with Crippen molar-refractivity contribution < 1.29 is 14.3 Å². The zero-order chi connectivity index (χ0) is 12.1. The molecule has 0 saturated carbocycles. The summed E-state index contributed by atoms with van der Waals surface area (Å²) in [6, 6.07) is 0. The average Bonchev–Trinajstić information content (AvgIpc) is 2.25. The van der Waals surface area contributed by atoms with Crippen molar-refractivity contribution in [1.82, 2.24) is 0 Å². The summed E-state index contributed by atoms with van der Waals surface area (Å²) in [7, 11) is 1.75. The molecule has 0 aliphatic rings. The second kappa shape index (κ2) is 12.5. The lowest BCUT2D eigenvalue weighted by Gasteiger charge is -2.03. The van der Waals surface area contributed by atoms with Crippen LogP contribution in [0.5, 0.6) is 0 Å². The van der Waals surface area contributed by atoms with Crippen LogP contribution in [0.1, 0.15) is 58.3 Å².